The first-order valence-corrected chi connectivity index (χ1v) is 8.52. The van der Waals surface area contributed by atoms with Crippen molar-refractivity contribution in [2.45, 2.75) is 19.3 Å². The molecule has 0 spiro atoms. The number of anilines is 1. The van der Waals surface area contributed by atoms with Crippen LogP contribution in [0.25, 0.3) is 0 Å². The van der Waals surface area contributed by atoms with Gasteiger partial charge in [-0.15, -0.1) is 0 Å². The van der Waals surface area contributed by atoms with E-state index in [0.717, 1.165) is 0 Å². The van der Waals surface area contributed by atoms with E-state index in [9.17, 15) is 14.9 Å². The van der Waals surface area contributed by atoms with Crippen LogP contribution in [0.4, 0.5) is 11.6 Å². The standard InChI is InChI=1S/C18H20N4O6/c1-4-28-16(23)13-14(17(26-2)27-3)20-18-19-8-9-21(18)15(13)11-6-5-7-12(10-11)22(24)25/h5-10,15,17H,4H2,1-3H3,(H,19,20). The summed E-state index contributed by atoms with van der Waals surface area (Å²) in [5.41, 5.74) is 0.999. The van der Waals surface area contributed by atoms with Crippen molar-refractivity contribution in [1.82, 2.24) is 9.55 Å². The lowest BCUT2D eigenvalue weighted by Gasteiger charge is -2.32. The number of methoxy groups -OCH3 is 2. The third-order valence-electron chi connectivity index (χ3n) is 4.31. The molecular weight excluding hydrogens is 368 g/mol. The molecule has 2 heterocycles. The smallest absolute Gasteiger partial charge is 0.338 e. The topological polar surface area (TPSA) is 118 Å². The molecule has 1 atom stereocenters. The normalized spacial score (nSPS) is 15.9. The predicted molar refractivity (Wildman–Crippen MR) is 98.6 cm³/mol. The van der Waals surface area contributed by atoms with Gasteiger partial charge in [-0.1, -0.05) is 12.1 Å². The monoisotopic (exact) mass is 388 g/mol. The molecule has 1 N–H and O–H groups in total. The van der Waals surface area contributed by atoms with E-state index in [-0.39, 0.29) is 17.9 Å². The van der Waals surface area contributed by atoms with E-state index in [1.54, 1.807) is 36.0 Å². The number of non-ortho nitro benzene ring substituents is 1. The molecule has 0 radical (unpaired) electrons. The minimum absolute atomic E-state index is 0.0857. The highest BCUT2D eigenvalue weighted by molar-refractivity contribution is 5.92. The van der Waals surface area contributed by atoms with Gasteiger partial charge in [0.25, 0.3) is 5.69 Å². The summed E-state index contributed by atoms with van der Waals surface area (Å²) in [6, 6.07) is 5.38. The summed E-state index contributed by atoms with van der Waals surface area (Å²) in [5, 5.41) is 14.3. The second kappa shape index (κ2) is 8.19. The predicted octanol–water partition coefficient (Wildman–Crippen LogP) is 2.24. The van der Waals surface area contributed by atoms with Gasteiger partial charge in [0.2, 0.25) is 5.95 Å². The van der Waals surface area contributed by atoms with Crippen LogP contribution in [0, 0.1) is 10.1 Å². The summed E-state index contributed by atoms with van der Waals surface area (Å²) in [6.07, 6.45) is 2.36. The fourth-order valence-corrected chi connectivity index (χ4v) is 3.18. The molecule has 0 saturated heterocycles. The maximum Gasteiger partial charge on any atom is 0.338 e. The Bertz CT molecular complexity index is 918. The molecule has 0 saturated carbocycles. The van der Waals surface area contributed by atoms with Gasteiger partial charge in [-0.05, 0) is 12.5 Å². The van der Waals surface area contributed by atoms with Crippen LogP contribution in [-0.2, 0) is 19.0 Å². The van der Waals surface area contributed by atoms with Crippen molar-refractivity contribution < 1.29 is 23.9 Å². The largest absolute Gasteiger partial charge is 0.463 e. The molecule has 148 valence electrons. The number of benzene rings is 1. The zero-order chi connectivity index (χ0) is 20.3. The Morgan fingerprint density at radius 3 is 2.79 bits per heavy atom. The Balaban J connectivity index is 2.24. The minimum Gasteiger partial charge on any atom is -0.463 e. The van der Waals surface area contributed by atoms with Crippen molar-refractivity contribution in [2.24, 2.45) is 0 Å². The van der Waals surface area contributed by atoms with E-state index >= 15 is 0 Å². The number of rotatable bonds is 7. The zero-order valence-electron chi connectivity index (χ0n) is 15.6. The van der Waals surface area contributed by atoms with Gasteiger partial charge in [0.05, 0.1) is 28.8 Å². The van der Waals surface area contributed by atoms with E-state index in [4.69, 9.17) is 14.2 Å². The first-order chi connectivity index (χ1) is 13.5. The number of nitro benzene ring substituents is 1. The van der Waals surface area contributed by atoms with E-state index < -0.39 is 23.2 Å². The first kappa shape index (κ1) is 19.5. The number of carbonyl (C=O) groups excluding carboxylic acids is 1. The fraction of sp³-hybridized carbons (Fsp3) is 0.333. The molecule has 1 aliphatic rings. The molecule has 2 aromatic rings. The Labute approximate surface area is 160 Å². The number of ether oxygens (including phenoxy) is 3. The number of nitrogens with one attached hydrogen (secondary N) is 1. The number of hydrogen-bond donors (Lipinski definition) is 1. The lowest BCUT2D eigenvalue weighted by Crippen LogP contribution is -2.35. The highest BCUT2D eigenvalue weighted by Gasteiger charge is 2.38. The molecule has 10 nitrogen and oxygen atoms in total. The summed E-state index contributed by atoms with van der Waals surface area (Å²) in [5.74, 6) is -0.140. The van der Waals surface area contributed by atoms with E-state index in [1.165, 1.54) is 26.4 Å². The van der Waals surface area contributed by atoms with Crippen LogP contribution in [-0.4, -0.2) is 47.6 Å². The Morgan fingerprint density at radius 2 is 2.14 bits per heavy atom. The molecular formula is C18H20N4O6. The van der Waals surface area contributed by atoms with Crippen molar-refractivity contribution in [3.8, 4) is 0 Å². The second-order valence-electron chi connectivity index (χ2n) is 5.89. The molecule has 1 aromatic heterocycles. The molecule has 28 heavy (non-hydrogen) atoms. The lowest BCUT2D eigenvalue weighted by atomic mass is 9.94. The molecule has 0 bridgehead atoms. The molecule has 1 aliphatic heterocycles. The van der Waals surface area contributed by atoms with Crippen LogP contribution in [0.1, 0.15) is 18.5 Å². The van der Waals surface area contributed by atoms with Gasteiger partial charge in [0.1, 0.15) is 0 Å². The average molecular weight is 388 g/mol. The Morgan fingerprint density at radius 1 is 1.39 bits per heavy atom. The van der Waals surface area contributed by atoms with Crippen LogP contribution in [0.15, 0.2) is 47.9 Å². The van der Waals surface area contributed by atoms with Crippen molar-refractivity contribution in [3.63, 3.8) is 0 Å². The molecule has 0 aliphatic carbocycles. The number of nitro groups is 1. The van der Waals surface area contributed by atoms with Crippen LogP contribution in [0.2, 0.25) is 0 Å². The maximum atomic E-state index is 12.9. The zero-order valence-corrected chi connectivity index (χ0v) is 15.6. The number of aromatic nitrogens is 2. The molecule has 1 unspecified atom stereocenters. The summed E-state index contributed by atoms with van der Waals surface area (Å²) >= 11 is 0. The molecule has 0 amide bonds. The highest BCUT2D eigenvalue weighted by atomic mass is 16.7. The van der Waals surface area contributed by atoms with Gasteiger partial charge < -0.3 is 24.1 Å². The highest BCUT2D eigenvalue weighted by Crippen LogP contribution is 2.38. The number of esters is 1. The lowest BCUT2D eigenvalue weighted by molar-refractivity contribution is -0.384. The molecule has 3 rings (SSSR count). The van der Waals surface area contributed by atoms with Crippen LogP contribution < -0.4 is 5.32 Å². The van der Waals surface area contributed by atoms with Crippen molar-refractivity contribution in [3.05, 3.63) is 63.6 Å². The number of nitrogens with zero attached hydrogens (tertiary/aromatic N) is 3. The van der Waals surface area contributed by atoms with Gasteiger partial charge in [-0.3, -0.25) is 10.1 Å². The van der Waals surface area contributed by atoms with Gasteiger partial charge >= 0.3 is 5.97 Å². The van der Waals surface area contributed by atoms with Gasteiger partial charge in [-0.2, -0.15) is 0 Å². The van der Waals surface area contributed by atoms with Gasteiger partial charge in [0.15, 0.2) is 6.29 Å². The number of imidazole rings is 1. The van der Waals surface area contributed by atoms with Crippen LogP contribution in [0.3, 0.4) is 0 Å². The van der Waals surface area contributed by atoms with Gasteiger partial charge in [0, 0.05) is 38.7 Å². The van der Waals surface area contributed by atoms with E-state index in [2.05, 4.69) is 10.3 Å². The SMILES string of the molecule is CCOC(=O)C1=C(C(OC)OC)Nc2nccn2C1c1cccc([N+](=O)[O-])c1. The third-order valence-corrected chi connectivity index (χ3v) is 4.31. The summed E-state index contributed by atoms with van der Waals surface area (Å²) < 4.78 is 17.6. The van der Waals surface area contributed by atoms with Crippen molar-refractivity contribution in [2.75, 3.05) is 26.1 Å². The summed E-state index contributed by atoms with van der Waals surface area (Å²) in [7, 11) is 2.88. The fourth-order valence-electron chi connectivity index (χ4n) is 3.18. The first-order valence-electron chi connectivity index (χ1n) is 8.52. The van der Waals surface area contributed by atoms with E-state index in [1.807, 2.05) is 0 Å². The third kappa shape index (κ3) is 3.47. The summed E-state index contributed by atoms with van der Waals surface area (Å²) in [4.78, 5) is 27.9. The molecule has 1 aromatic carbocycles. The Kier molecular flexibility index (Phi) is 5.71. The average Bonchev–Trinajstić information content (AvgIpc) is 3.16. The minimum atomic E-state index is -0.883. The quantitative estimate of drug-likeness (QED) is 0.332. The maximum absolute atomic E-state index is 12.9. The summed E-state index contributed by atoms with van der Waals surface area (Å²) in [6.45, 7) is 1.86. The Hall–Kier alpha value is -3.24. The number of carbonyl (C=O) groups is 1. The van der Waals surface area contributed by atoms with Gasteiger partial charge in [-0.25, -0.2) is 9.78 Å². The second-order valence-corrected chi connectivity index (χ2v) is 5.89. The van der Waals surface area contributed by atoms with E-state index in [0.29, 0.717) is 17.2 Å². The van der Waals surface area contributed by atoms with Crippen molar-refractivity contribution >= 4 is 17.6 Å². The number of hydrogen-bond acceptors (Lipinski definition) is 8. The van der Waals surface area contributed by atoms with Crippen LogP contribution in [0.5, 0.6) is 0 Å². The molecule has 10 heteroatoms. The van der Waals surface area contributed by atoms with Crippen molar-refractivity contribution in [1.29, 1.82) is 0 Å². The molecule has 0 fully saturated rings. The van der Waals surface area contributed by atoms with Crippen LogP contribution >= 0.6 is 0 Å². The number of fused-ring (bicyclic) bond motifs is 1.